The summed E-state index contributed by atoms with van der Waals surface area (Å²) in [7, 11) is 0. The van der Waals surface area contributed by atoms with Gasteiger partial charge in [0.1, 0.15) is 0 Å². The topological polar surface area (TPSA) is 12.0 Å². The standard InChI is InChI=1S/C14H19F2N/c1-10-3-2-4-11(6-5-10)17-12-7-8-13(15)14(16)9-12/h7-11,17H,2-6H2,1H3. The van der Waals surface area contributed by atoms with Gasteiger partial charge in [-0.25, -0.2) is 8.78 Å². The zero-order valence-electron chi connectivity index (χ0n) is 10.2. The second-order valence-corrected chi connectivity index (χ2v) is 5.08. The number of halogens is 2. The van der Waals surface area contributed by atoms with Gasteiger partial charge in [-0.15, -0.1) is 0 Å². The minimum Gasteiger partial charge on any atom is -0.382 e. The predicted molar refractivity (Wildman–Crippen MR) is 66.0 cm³/mol. The van der Waals surface area contributed by atoms with Crippen molar-refractivity contribution < 1.29 is 8.78 Å². The van der Waals surface area contributed by atoms with Crippen LogP contribution in [0.1, 0.15) is 39.0 Å². The third kappa shape index (κ3) is 3.42. The monoisotopic (exact) mass is 239 g/mol. The Morgan fingerprint density at radius 3 is 2.65 bits per heavy atom. The average molecular weight is 239 g/mol. The Hall–Kier alpha value is -1.12. The highest BCUT2D eigenvalue weighted by Gasteiger charge is 2.16. The van der Waals surface area contributed by atoms with Gasteiger partial charge in [-0.2, -0.15) is 0 Å². The maximum absolute atomic E-state index is 13.1. The van der Waals surface area contributed by atoms with E-state index in [9.17, 15) is 8.78 Å². The second kappa shape index (κ2) is 5.48. The van der Waals surface area contributed by atoms with Gasteiger partial charge in [0.2, 0.25) is 0 Å². The summed E-state index contributed by atoms with van der Waals surface area (Å²) < 4.78 is 25.9. The minimum absolute atomic E-state index is 0.393. The number of benzene rings is 1. The van der Waals surface area contributed by atoms with E-state index in [-0.39, 0.29) is 0 Å². The van der Waals surface area contributed by atoms with E-state index < -0.39 is 11.6 Å². The molecule has 0 heterocycles. The van der Waals surface area contributed by atoms with E-state index in [0.717, 1.165) is 18.8 Å². The summed E-state index contributed by atoms with van der Waals surface area (Å²) in [6, 6.07) is 4.41. The zero-order chi connectivity index (χ0) is 12.3. The molecule has 2 unspecified atom stereocenters. The van der Waals surface area contributed by atoms with Crippen molar-refractivity contribution in [3.8, 4) is 0 Å². The van der Waals surface area contributed by atoms with Crippen molar-refractivity contribution in [2.75, 3.05) is 5.32 Å². The SMILES string of the molecule is CC1CCCC(Nc2ccc(F)c(F)c2)CC1. The van der Waals surface area contributed by atoms with Crippen molar-refractivity contribution in [3.05, 3.63) is 29.8 Å². The van der Waals surface area contributed by atoms with Crippen LogP contribution in [0, 0.1) is 17.6 Å². The third-order valence-corrected chi connectivity index (χ3v) is 3.55. The van der Waals surface area contributed by atoms with E-state index in [0.29, 0.717) is 11.7 Å². The fourth-order valence-corrected chi connectivity index (χ4v) is 2.45. The van der Waals surface area contributed by atoms with Crippen LogP contribution in [-0.2, 0) is 0 Å². The van der Waals surface area contributed by atoms with Gasteiger partial charge < -0.3 is 5.32 Å². The average Bonchev–Trinajstić information content (AvgIpc) is 2.49. The van der Waals surface area contributed by atoms with E-state index in [4.69, 9.17) is 0 Å². The number of nitrogens with one attached hydrogen (secondary N) is 1. The molecule has 1 aliphatic rings. The molecule has 2 rings (SSSR count). The summed E-state index contributed by atoms with van der Waals surface area (Å²) >= 11 is 0. The van der Waals surface area contributed by atoms with Crippen molar-refractivity contribution in [1.29, 1.82) is 0 Å². The van der Waals surface area contributed by atoms with Crippen LogP contribution in [-0.4, -0.2) is 6.04 Å². The zero-order valence-corrected chi connectivity index (χ0v) is 10.2. The normalized spacial score (nSPS) is 25.4. The second-order valence-electron chi connectivity index (χ2n) is 5.08. The first kappa shape index (κ1) is 12.3. The summed E-state index contributed by atoms with van der Waals surface area (Å²) in [6.45, 7) is 2.28. The predicted octanol–water partition coefficient (Wildman–Crippen LogP) is 4.35. The molecule has 0 amide bonds. The molecule has 1 aromatic rings. The molecule has 0 saturated heterocycles. The van der Waals surface area contributed by atoms with Crippen molar-refractivity contribution in [1.82, 2.24) is 0 Å². The lowest BCUT2D eigenvalue weighted by molar-refractivity contribution is 0.501. The van der Waals surface area contributed by atoms with Gasteiger partial charge in [0.05, 0.1) is 0 Å². The van der Waals surface area contributed by atoms with E-state index >= 15 is 0 Å². The highest BCUT2D eigenvalue weighted by molar-refractivity contribution is 5.44. The molecule has 1 nitrogen and oxygen atoms in total. The van der Waals surface area contributed by atoms with Gasteiger partial charge in [0, 0.05) is 17.8 Å². The first-order chi connectivity index (χ1) is 8.15. The molecule has 1 aromatic carbocycles. The Balaban J connectivity index is 1.97. The molecule has 1 saturated carbocycles. The molecular formula is C14H19F2N. The Labute approximate surface area is 101 Å². The quantitative estimate of drug-likeness (QED) is 0.757. The largest absolute Gasteiger partial charge is 0.382 e. The maximum Gasteiger partial charge on any atom is 0.160 e. The molecule has 1 N–H and O–H groups in total. The molecule has 1 aliphatic carbocycles. The highest BCUT2D eigenvalue weighted by atomic mass is 19.2. The lowest BCUT2D eigenvalue weighted by Gasteiger charge is -2.17. The van der Waals surface area contributed by atoms with Crippen molar-refractivity contribution in [2.24, 2.45) is 5.92 Å². The molecule has 1 fully saturated rings. The fourth-order valence-electron chi connectivity index (χ4n) is 2.45. The van der Waals surface area contributed by atoms with E-state index in [1.54, 1.807) is 6.07 Å². The number of hydrogen-bond acceptors (Lipinski definition) is 1. The summed E-state index contributed by atoms with van der Waals surface area (Å²) in [4.78, 5) is 0. The van der Waals surface area contributed by atoms with Crippen LogP contribution >= 0.6 is 0 Å². The third-order valence-electron chi connectivity index (χ3n) is 3.55. The van der Waals surface area contributed by atoms with Gasteiger partial charge in [0.25, 0.3) is 0 Å². The molecule has 0 spiro atoms. The van der Waals surface area contributed by atoms with Gasteiger partial charge in [0.15, 0.2) is 11.6 Å². The van der Waals surface area contributed by atoms with Gasteiger partial charge >= 0.3 is 0 Å². The summed E-state index contributed by atoms with van der Waals surface area (Å²) in [5.41, 5.74) is 0.684. The number of anilines is 1. The molecule has 17 heavy (non-hydrogen) atoms. The van der Waals surface area contributed by atoms with Crippen LogP contribution in [0.4, 0.5) is 14.5 Å². The lowest BCUT2D eigenvalue weighted by atomic mass is 10.0. The molecule has 2 atom stereocenters. The number of rotatable bonds is 2. The van der Waals surface area contributed by atoms with E-state index in [1.165, 1.54) is 31.4 Å². The molecule has 0 bridgehead atoms. The minimum atomic E-state index is -0.787. The van der Waals surface area contributed by atoms with Crippen molar-refractivity contribution >= 4 is 5.69 Å². The summed E-state index contributed by atoms with van der Waals surface area (Å²) in [6.07, 6.45) is 5.92. The fraction of sp³-hybridized carbons (Fsp3) is 0.571. The maximum atomic E-state index is 13.1. The highest BCUT2D eigenvalue weighted by Crippen LogP contribution is 2.25. The van der Waals surface area contributed by atoms with Crippen LogP contribution in [0.2, 0.25) is 0 Å². The first-order valence-electron chi connectivity index (χ1n) is 6.37. The summed E-state index contributed by atoms with van der Waals surface area (Å²) in [5, 5.41) is 3.30. The van der Waals surface area contributed by atoms with Gasteiger partial charge in [-0.3, -0.25) is 0 Å². The van der Waals surface area contributed by atoms with E-state index in [2.05, 4.69) is 12.2 Å². The molecule has 94 valence electrons. The van der Waals surface area contributed by atoms with Crippen LogP contribution in [0.5, 0.6) is 0 Å². The molecule has 3 heteroatoms. The lowest BCUT2D eigenvalue weighted by Crippen LogP contribution is -2.18. The smallest absolute Gasteiger partial charge is 0.160 e. The Morgan fingerprint density at radius 1 is 1.06 bits per heavy atom. The van der Waals surface area contributed by atoms with Gasteiger partial charge in [-0.05, 0) is 37.3 Å². The van der Waals surface area contributed by atoms with Crippen LogP contribution < -0.4 is 5.32 Å². The Kier molecular flexibility index (Phi) is 3.97. The summed E-state index contributed by atoms with van der Waals surface area (Å²) in [5.74, 6) is -0.784. The first-order valence-corrected chi connectivity index (χ1v) is 6.37. The molecule has 0 radical (unpaired) electrons. The molecule has 0 aliphatic heterocycles. The van der Waals surface area contributed by atoms with E-state index in [1.807, 2.05) is 0 Å². The Morgan fingerprint density at radius 2 is 1.88 bits per heavy atom. The number of hydrogen-bond donors (Lipinski definition) is 1. The molecule has 0 aromatic heterocycles. The van der Waals surface area contributed by atoms with Crippen LogP contribution in [0.15, 0.2) is 18.2 Å². The van der Waals surface area contributed by atoms with Gasteiger partial charge in [-0.1, -0.05) is 19.8 Å². The van der Waals surface area contributed by atoms with Crippen LogP contribution in [0.25, 0.3) is 0 Å². The Bertz CT molecular complexity index is 378. The van der Waals surface area contributed by atoms with Crippen molar-refractivity contribution in [2.45, 2.75) is 45.1 Å². The van der Waals surface area contributed by atoms with Crippen LogP contribution in [0.3, 0.4) is 0 Å². The molecular weight excluding hydrogens is 220 g/mol. The van der Waals surface area contributed by atoms with Crippen molar-refractivity contribution in [3.63, 3.8) is 0 Å².